The van der Waals surface area contributed by atoms with E-state index in [1.54, 1.807) is 18.3 Å². The Kier molecular flexibility index (Phi) is 8.28. The van der Waals surface area contributed by atoms with E-state index >= 15 is 0 Å². The van der Waals surface area contributed by atoms with Gasteiger partial charge in [0.15, 0.2) is 5.16 Å². The number of nitrogens with zero attached hydrogens (tertiary/aromatic N) is 3. The SMILES string of the molecule is COC(=O)CSc1ncc(-c2ccc(F)cc2)c([C@@H]2CCCN(C(=O)CCC(F)(F)F)C2)n1. The van der Waals surface area contributed by atoms with Crippen LogP contribution in [0, 0.1) is 5.82 Å². The summed E-state index contributed by atoms with van der Waals surface area (Å²) in [4.78, 5) is 34.2. The van der Waals surface area contributed by atoms with Crippen molar-refractivity contribution < 1.29 is 31.9 Å². The van der Waals surface area contributed by atoms with Gasteiger partial charge in [-0.25, -0.2) is 14.4 Å². The lowest BCUT2D eigenvalue weighted by atomic mass is 9.90. The van der Waals surface area contributed by atoms with Crippen molar-refractivity contribution in [1.82, 2.24) is 14.9 Å². The minimum Gasteiger partial charge on any atom is -0.468 e. The summed E-state index contributed by atoms with van der Waals surface area (Å²) in [6.45, 7) is 0.608. The number of rotatable bonds is 7. The molecule has 2 heterocycles. The predicted octanol–water partition coefficient (Wildman–Crippen LogP) is 4.60. The molecule has 1 aromatic carbocycles. The van der Waals surface area contributed by atoms with Gasteiger partial charge in [0.25, 0.3) is 0 Å². The van der Waals surface area contributed by atoms with Gasteiger partial charge in [0.2, 0.25) is 5.91 Å². The monoisotopic (exact) mass is 485 g/mol. The summed E-state index contributed by atoms with van der Waals surface area (Å²) >= 11 is 1.09. The van der Waals surface area contributed by atoms with Gasteiger partial charge in [-0.1, -0.05) is 23.9 Å². The van der Waals surface area contributed by atoms with E-state index in [9.17, 15) is 27.2 Å². The largest absolute Gasteiger partial charge is 0.468 e. The number of methoxy groups -OCH3 is 1. The van der Waals surface area contributed by atoms with Crippen LogP contribution in [0.25, 0.3) is 11.1 Å². The highest BCUT2D eigenvalue weighted by Gasteiger charge is 2.32. The third kappa shape index (κ3) is 7.15. The van der Waals surface area contributed by atoms with Gasteiger partial charge in [0.05, 0.1) is 25.0 Å². The number of benzene rings is 1. The average molecular weight is 486 g/mol. The van der Waals surface area contributed by atoms with Gasteiger partial charge in [-0.15, -0.1) is 0 Å². The number of piperidine rings is 1. The van der Waals surface area contributed by atoms with E-state index in [2.05, 4.69) is 14.7 Å². The molecule has 1 fully saturated rings. The van der Waals surface area contributed by atoms with Crippen LogP contribution in [-0.4, -0.2) is 58.9 Å². The van der Waals surface area contributed by atoms with E-state index in [1.165, 1.54) is 24.1 Å². The highest BCUT2D eigenvalue weighted by molar-refractivity contribution is 7.99. The zero-order chi connectivity index (χ0) is 24.0. The van der Waals surface area contributed by atoms with Gasteiger partial charge >= 0.3 is 12.1 Å². The number of esters is 1. The maximum atomic E-state index is 13.4. The molecular weight excluding hydrogens is 462 g/mol. The molecule has 1 atom stereocenters. The maximum Gasteiger partial charge on any atom is 0.389 e. The Hall–Kier alpha value is -2.69. The van der Waals surface area contributed by atoms with Gasteiger partial charge in [-0.05, 0) is 30.5 Å². The summed E-state index contributed by atoms with van der Waals surface area (Å²) in [5.74, 6) is -1.61. The van der Waals surface area contributed by atoms with Crippen molar-refractivity contribution in [3.8, 4) is 11.1 Å². The normalized spacial score (nSPS) is 16.5. The Morgan fingerprint density at radius 3 is 2.64 bits per heavy atom. The molecule has 1 aromatic heterocycles. The van der Waals surface area contributed by atoms with Crippen molar-refractivity contribution >= 4 is 23.6 Å². The van der Waals surface area contributed by atoms with Gasteiger partial charge in [-0.2, -0.15) is 13.2 Å². The number of likely N-dealkylation sites (tertiary alicyclic amines) is 1. The molecule has 3 rings (SSSR count). The average Bonchev–Trinajstić information content (AvgIpc) is 2.81. The number of hydrogen-bond acceptors (Lipinski definition) is 6. The Labute approximate surface area is 192 Å². The van der Waals surface area contributed by atoms with Crippen LogP contribution in [0.5, 0.6) is 0 Å². The molecule has 178 valence electrons. The number of thioether (sulfide) groups is 1. The minimum atomic E-state index is -4.39. The zero-order valence-corrected chi connectivity index (χ0v) is 18.7. The molecule has 1 aliphatic rings. The Balaban J connectivity index is 1.86. The highest BCUT2D eigenvalue weighted by atomic mass is 32.2. The lowest BCUT2D eigenvalue weighted by molar-refractivity contribution is -0.149. The van der Waals surface area contributed by atoms with E-state index < -0.39 is 36.7 Å². The van der Waals surface area contributed by atoms with E-state index in [1.807, 2.05) is 0 Å². The van der Waals surface area contributed by atoms with Crippen LogP contribution in [0.15, 0.2) is 35.6 Å². The van der Waals surface area contributed by atoms with Crippen molar-refractivity contribution in [2.45, 2.75) is 42.9 Å². The molecule has 1 amide bonds. The molecule has 0 N–H and O–H groups in total. The Morgan fingerprint density at radius 2 is 1.97 bits per heavy atom. The molecule has 11 heteroatoms. The maximum absolute atomic E-state index is 13.4. The van der Waals surface area contributed by atoms with Crippen LogP contribution in [0.2, 0.25) is 0 Å². The smallest absolute Gasteiger partial charge is 0.389 e. The molecular formula is C22H23F4N3O3S. The molecule has 0 spiro atoms. The van der Waals surface area contributed by atoms with Crippen LogP contribution >= 0.6 is 11.8 Å². The second-order valence-electron chi connectivity index (χ2n) is 7.62. The molecule has 1 saturated heterocycles. The first-order valence-corrected chi connectivity index (χ1v) is 11.3. The third-order valence-corrected chi connectivity index (χ3v) is 6.12. The van der Waals surface area contributed by atoms with Crippen LogP contribution in [0.4, 0.5) is 17.6 Å². The number of ether oxygens (including phenoxy) is 1. The lowest BCUT2D eigenvalue weighted by Gasteiger charge is -2.33. The Morgan fingerprint density at radius 1 is 1.24 bits per heavy atom. The quantitative estimate of drug-likeness (QED) is 0.247. The number of aromatic nitrogens is 2. The number of alkyl halides is 3. The summed E-state index contributed by atoms with van der Waals surface area (Å²) in [5.41, 5.74) is 1.93. The van der Waals surface area contributed by atoms with E-state index in [0.29, 0.717) is 41.4 Å². The van der Waals surface area contributed by atoms with Crippen LogP contribution in [-0.2, 0) is 14.3 Å². The molecule has 6 nitrogen and oxygen atoms in total. The topological polar surface area (TPSA) is 72.4 Å². The number of hydrogen-bond donors (Lipinski definition) is 0. The van der Waals surface area contributed by atoms with Crippen LogP contribution < -0.4 is 0 Å². The minimum absolute atomic E-state index is 0.0125. The summed E-state index contributed by atoms with van der Waals surface area (Å²) in [6, 6.07) is 5.81. The second kappa shape index (κ2) is 11.0. The fourth-order valence-corrected chi connectivity index (χ4v) is 4.28. The fourth-order valence-electron chi connectivity index (χ4n) is 3.63. The first kappa shape index (κ1) is 24.9. The number of amides is 1. The Bertz CT molecular complexity index is 986. The number of carbonyl (C=O) groups excluding carboxylic acids is 2. The summed E-state index contributed by atoms with van der Waals surface area (Å²) < 4.78 is 55.7. The molecule has 0 aliphatic carbocycles. The highest BCUT2D eigenvalue weighted by Crippen LogP contribution is 2.35. The molecule has 0 unspecified atom stereocenters. The van der Waals surface area contributed by atoms with Crippen LogP contribution in [0.1, 0.15) is 37.3 Å². The van der Waals surface area contributed by atoms with Gasteiger partial charge in [-0.3, -0.25) is 9.59 Å². The summed E-state index contributed by atoms with van der Waals surface area (Å²) in [7, 11) is 1.28. The molecule has 2 aromatic rings. The van der Waals surface area contributed by atoms with Gasteiger partial charge < -0.3 is 9.64 Å². The standard InChI is InChI=1S/C22H23F4N3O3S/c1-32-19(31)13-33-21-27-11-17(14-4-6-16(23)7-5-14)20(28-21)15-3-2-10-29(12-15)18(30)8-9-22(24,25)26/h4-7,11,15H,2-3,8-10,12-13H2,1H3/t15-/m1/s1. The van der Waals surface area contributed by atoms with Crippen molar-refractivity contribution in [2.75, 3.05) is 26.0 Å². The molecule has 0 radical (unpaired) electrons. The fraction of sp³-hybridized carbons (Fsp3) is 0.455. The van der Waals surface area contributed by atoms with Crippen LogP contribution in [0.3, 0.4) is 0 Å². The molecule has 0 saturated carbocycles. The predicted molar refractivity (Wildman–Crippen MR) is 114 cm³/mol. The zero-order valence-electron chi connectivity index (χ0n) is 17.9. The molecule has 1 aliphatic heterocycles. The second-order valence-corrected chi connectivity index (χ2v) is 8.56. The first-order valence-electron chi connectivity index (χ1n) is 10.3. The van der Waals surface area contributed by atoms with Crippen molar-refractivity contribution in [2.24, 2.45) is 0 Å². The number of halogens is 4. The lowest BCUT2D eigenvalue weighted by Crippen LogP contribution is -2.39. The molecule has 33 heavy (non-hydrogen) atoms. The van der Waals surface area contributed by atoms with Gasteiger partial charge in [0, 0.05) is 37.2 Å². The van der Waals surface area contributed by atoms with Gasteiger partial charge in [0.1, 0.15) is 5.82 Å². The number of carbonyl (C=O) groups is 2. The van der Waals surface area contributed by atoms with Crippen molar-refractivity contribution in [1.29, 1.82) is 0 Å². The van der Waals surface area contributed by atoms with E-state index in [-0.39, 0.29) is 18.2 Å². The van der Waals surface area contributed by atoms with E-state index in [0.717, 1.165) is 11.8 Å². The van der Waals surface area contributed by atoms with E-state index in [4.69, 9.17) is 0 Å². The summed E-state index contributed by atoms with van der Waals surface area (Å²) in [6.07, 6.45) is -3.27. The molecule has 0 bridgehead atoms. The third-order valence-electron chi connectivity index (χ3n) is 5.28. The first-order chi connectivity index (χ1) is 15.7. The summed E-state index contributed by atoms with van der Waals surface area (Å²) in [5, 5.41) is 0.335. The van der Waals surface area contributed by atoms with Crippen molar-refractivity contribution in [3.63, 3.8) is 0 Å². The van der Waals surface area contributed by atoms with Crippen molar-refractivity contribution in [3.05, 3.63) is 42.0 Å².